The van der Waals surface area contributed by atoms with Gasteiger partial charge in [0, 0.05) is 29.2 Å². The van der Waals surface area contributed by atoms with Gasteiger partial charge in [0.1, 0.15) is 12.7 Å². The second-order valence-electron chi connectivity index (χ2n) is 7.96. The Morgan fingerprint density at radius 3 is 2.66 bits per heavy atom. The highest BCUT2D eigenvalue weighted by Gasteiger charge is 2.45. The standard InChI is InChI=1S/C23H20ClN5O3/c24-16-6-7-19(18(10-16)22(31)15-4-2-1-3-5-15)29-21(30)11-20(23(29)32)27-9-8-17(12-27)28-14-25-13-26-28/h1-7,10,13-14,17,20H,8-9,11-12H2. The summed E-state index contributed by atoms with van der Waals surface area (Å²) in [5.41, 5.74) is 0.961. The number of halogens is 1. The van der Waals surface area contributed by atoms with Gasteiger partial charge in [0.15, 0.2) is 5.78 Å². The monoisotopic (exact) mass is 449 g/mol. The number of benzene rings is 2. The summed E-state index contributed by atoms with van der Waals surface area (Å²) < 4.78 is 1.79. The Morgan fingerprint density at radius 2 is 1.91 bits per heavy atom. The number of amides is 2. The molecular weight excluding hydrogens is 430 g/mol. The fourth-order valence-corrected chi connectivity index (χ4v) is 4.63. The van der Waals surface area contributed by atoms with Gasteiger partial charge in [-0.05, 0) is 24.6 Å². The van der Waals surface area contributed by atoms with E-state index in [0.717, 1.165) is 11.3 Å². The maximum atomic E-state index is 13.4. The van der Waals surface area contributed by atoms with Gasteiger partial charge in [0.25, 0.3) is 5.91 Å². The lowest BCUT2D eigenvalue weighted by molar-refractivity contribution is -0.122. The molecule has 9 heteroatoms. The number of nitrogens with zero attached hydrogens (tertiary/aromatic N) is 5. The average molecular weight is 450 g/mol. The van der Waals surface area contributed by atoms with E-state index in [1.54, 1.807) is 47.4 Å². The zero-order valence-corrected chi connectivity index (χ0v) is 17.9. The van der Waals surface area contributed by atoms with Crippen LogP contribution in [0, 0.1) is 0 Å². The van der Waals surface area contributed by atoms with Crippen LogP contribution in [0.25, 0.3) is 0 Å². The Hall–Kier alpha value is -3.36. The van der Waals surface area contributed by atoms with Crippen molar-refractivity contribution in [3.8, 4) is 0 Å². The molecule has 3 aromatic rings. The molecule has 2 fully saturated rings. The van der Waals surface area contributed by atoms with Crippen LogP contribution in [0.4, 0.5) is 5.69 Å². The minimum absolute atomic E-state index is 0.0739. The van der Waals surface area contributed by atoms with E-state index >= 15 is 0 Å². The summed E-state index contributed by atoms with van der Waals surface area (Å²) in [6.07, 6.45) is 4.04. The van der Waals surface area contributed by atoms with Gasteiger partial charge < -0.3 is 0 Å². The number of aromatic nitrogens is 3. The van der Waals surface area contributed by atoms with Crippen molar-refractivity contribution in [1.82, 2.24) is 19.7 Å². The SMILES string of the molecule is O=C(c1ccccc1)c1cc(Cl)ccc1N1C(=O)CC(N2CCC(n3cncn3)C2)C1=O. The lowest BCUT2D eigenvalue weighted by Gasteiger charge is -2.23. The Balaban J connectivity index is 1.43. The zero-order chi connectivity index (χ0) is 22.2. The second kappa shape index (κ2) is 8.29. The number of hydrogen-bond acceptors (Lipinski definition) is 6. The molecule has 3 heterocycles. The summed E-state index contributed by atoms with van der Waals surface area (Å²) in [7, 11) is 0. The number of ketones is 1. The van der Waals surface area contributed by atoms with Crippen LogP contribution in [-0.4, -0.2) is 56.4 Å². The van der Waals surface area contributed by atoms with Crippen molar-refractivity contribution in [2.24, 2.45) is 0 Å². The summed E-state index contributed by atoms with van der Waals surface area (Å²) in [5, 5.41) is 4.55. The largest absolute Gasteiger partial charge is 0.289 e. The Morgan fingerprint density at radius 1 is 1.09 bits per heavy atom. The number of carbonyl (C=O) groups excluding carboxylic acids is 3. The third-order valence-electron chi connectivity index (χ3n) is 6.05. The van der Waals surface area contributed by atoms with Crippen LogP contribution in [0.5, 0.6) is 0 Å². The molecule has 0 spiro atoms. The molecule has 0 saturated carbocycles. The lowest BCUT2D eigenvalue weighted by Crippen LogP contribution is -2.41. The van der Waals surface area contributed by atoms with Crippen molar-refractivity contribution in [3.05, 3.63) is 77.3 Å². The van der Waals surface area contributed by atoms with Crippen molar-refractivity contribution in [3.63, 3.8) is 0 Å². The van der Waals surface area contributed by atoms with E-state index in [1.807, 2.05) is 11.0 Å². The van der Waals surface area contributed by atoms with Crippen molar-refractivity contribution >= 4 is 34.9 Å². The smallest absolute Gasteiger partial charge is 0.251 e. The number of anilines is 1. The average Bonchev–Trinajstić information content (AvgIpc) is 3.55. The summed E-state index contributed by atoms with van der Waals surface area (Å²) >= 11 is 6.16. The van der Waals surface area contributed by atoms with Crippen LogP contribution in [-0.2, 0) is 9.59 Å². The number of hydrogen-bond donors (Lipinski definition) is 0. The maximum absolute atomic E-state index is 13.4. The molecule has 5 rings (SSSR count). The molecule has 1 aromatic heterocycles. The molecule has 2 aliphatic heterocycles. The number of likely N-dealkylation sites (tertiary alicyclic amines) is 1. The molecular formula is C23H20ClN5O3. The van der Waals surface area contributed by atoms with Gasteiger partial charge in [-0.15, -0.1) is 0 Å². The first-order chi connectivity index (χ1) is 15.5. The van der Waals surface area contributed by atoms with Crippen LogP contribution in [0.15, 0.2) is 61.2 Å². The van der Waals surface area contributed by atoms with Crippen molar-refractivity contribution in [2.45, 2.75) is 24.9 Å². The van der Waals surface area contributed by atoms with Gasteiger partial charge in [-0.2, -0.15) is 5.10 Å². The highest BCUT2D eigenvalue weighted by Crippen LogP contribution is 2.34. The summed E-state index contributed by atoms with van der Waals surface area (Å²) in [4.78, 5) is 46.7. The molecule has 0 aliphatic carbocycles. The van der Waals surface area contributed by atoms with E-state index in [1.165, 1.54) is 12.4 Å². The van der Waals surface area contributed by atoms with E-state index in [-0.39, 0.29) is 41.3 Å². The highest BCUT2D eigenvalue weighted by molar-refractivity contribution is 6.32. The summed E-state index contributed by atoms with van der Waals surface area (Å²) in [6.45, 7) is 1.29. The van der Waals surface area contributed by atoms with Crippen molar-refractivity contribution in [1.29, 1.82) is 0 Å². The number of imide groups is 1. The van der Waals surface area contributed by atoms with Gasteiger partial charge >= 0.3 is 0 Å². The highest BCUT2D eigenvalue weighted by atomic mass is 35.5. The van der Waals surface area contributed by atoms with Gasteiger partial charge in [0.05, 0.1) is 24.2 Å². The molecule has 0 bridgehead atoms. The van der Waals surface area contributed by atoms with Crippen molar-refractivity contribution < 1.29 is 14.4 Å². The van der Waals surface area contributed by atoms with E-state index < -0.39 is 6.04 Å². The number of rotatable bonds is 5. The first-order valence-electron chi connectivity index (χ1n) is 10.4. The van der Waals surface area contributed by atoms with Gasteiger partial charge in [-0.1, -0.05) is 41.9 Å². The summed E-state index contributed by atoms with van der Waals surface area (Å²) in [6, 6.07) is 12.9. The molecule has 2 unspecified atom stereocenters. The Bertz CT molecular complexity index is 1180. The normalized spacial score (nSPS) is 21.5. The number of carbonyl (C=O) groups is 3. The minimum Gasteiger partial charge on any atom is -0.289 e. The molecule has 162 valence electrons. The predicted molar refractivity (Wildman–Crippen MR) is 117 cm³/mol. The van der Waals surface area contributed by atoms with Crippen LogP contribution in [0.3, 0.4) is 0 Å². The predicted octanol–water partition coefficient (Wildman–Crippen LogP) is 2.74. The van der Waals surface area contributed by atoms with E-state index in [9.17, 15) is 14.4 Å². The van der Waals surface area contributed by atoms with E-state index in [0.29, 0.717) is 23.7 Å². The second-order valence-corrected chi connectivity index (χ2v) is 8.39. The van der Waals surface area contributed by atoms with Crippen molar-refractivity contribution in [2.75, 3.05) is 18.0 Å². The minimum atomic E-state index is -0.564. The van der Waals surface area contributed by atoms with Gasteiger partial charge in [-0.25, -0.2) is 14.6 Å². The third-order valence-corrected chi connectivity index (χ3v) is 6.28. The quantitative estimate of drug-likeness (QED) is 0.439. The summed E-state index contributed by atoms with van der Waals surface area (Å²) in [5.74, 6) is -0.938. The molecule has 2 aliphatic rings. The molecule has 0 radical (unpaired) electrons. The molecule has 32 heavy (non-hydrogen) atoms. The van der Waals surface area contributed by atoms with Crippen LogP contribution >= 0.6 is 11.6 Å². The zero-order valence-electron chi connectivity index (χ0n) is 17.1. The van der Waals surface area contributed by atoms with Gasteiger partial charge in [0.2, 0.25) is 5.91 Å². The van der Waals surface area contributed by atoms with Crippen LogP contribution in [0.1, 0.15) is 34.8 Å². The van der Waals surface area contributed by atoms with E-state index in [4.69, 9.17) is 11.6 Å². The fraction of sp³-hybridized carbons (Fsp3) is 0.261. The van der Waals surface area contributed by atoms with Gasteiger partial charge in [-0.3, -0.25) is 19.3 Å². The van der Waals surface area contributed by atoms with Crippen LogP contribution < -0.4 is 4.90 Å². The Labute approximate surface area is 189 Å². The molecule has 8 nitrogen and oxygen atoms in total. The topological polar surface area (TPSA) is 88.4 Å². The molecule has 2 amide bonds. The third kappa shape index (κ3) is 3.61. The van der Waals surface area contributed by atoms with E-state index in [2.05, 4.69) is 10.1 Å². The lowest BCUT2D eigenvalue weighted by atomic mass is 10.0. The molecule has 0 N–H and O–H groups in total. The fourth-order valence-electron chi connectivity index (χ4n) is 4.46. The molecule has 2 saturated heterocycles. The molecule has 2 atom stereocenters. The first-order valence-corrected chi connectivity index (χ1v) is 10.7. The Kier molecular flexibility index (Phi) is 5.32. The first kappa shape index (κ1) is 20.5. The van der Waals surface area contributed by atoms with Crippen LogP contribution in [0.2, 0.25) is 5.02 Å². The molecule has 2 aromatic carbocycles. The maximum Gasteiger partial charge on any atom is 0.251 e.